The summed E-state index contributed by atoms with van der Waals surface area (Å²) in [6.45, 7) is 1.51. The van der Waals surface area contributed by atoms with Crippen LogP contribution in [0, 0.1) is 0 Å². The highest BCUT2D eigenvalue weighted by atomic mass is 16.5. The number of rotatable bonds is 2. The molecule has 1 N–H and O–H groups in total. The first-order chi connectivity index (χ1) is 7.16. The summed E-state index contributed by atoms with van der Waals surface area (Å²) >= 11 is 0. The number of hydrogen-bond acceptors (Lipinski definition) is 3. The fourth-order valence-corrected chi connectivity index (χ4v) is 1.31. The molecule has 0 atom stereocenters. The second-order valence-electron chi connectivity index (χ2n) is 3.21. The normalized spacial score (nSPS) is 10.2. The number of aromatic nitrogens is 1. The van der Waals surface area contributed by atoms with Crippen LogP contribution in [0.1, 0.15) is 17.3 Å². The predicted octanol–water partition coefficient (Wildman–Crippen LogP) is 1.84. The van der Waals surface area contributed by atoms with Gasteiger partial charge >= 0.3 is 5.63 Å². The third-order valence-electron chi connectivity index (χ3n) is 2.13. The Morgan fingerprint density at radius 1 is 1.27 bits per heavy atom. The maximum atomic E-state index is 11.0. The maximum Gasteiger partial charge on any atom is 0.357 e. The average Bonchev–Trinajstić information content (AvgIpc) is 2.65. The smallest absolute Gasteiger partial charge is 0.339 e. The van der Waals surface area contributed by atoms with Crippen molar-refractivity contribution < 1.29 is 9.32 Å². The first-order valence-corrected chi connectivity index (χ1v) is 4.47. The fourth-order valence-electron chi connectivity index (χ4n) is 1.31. The minimum absolute atomic E-state index is 0.0160. The van der Waals surface area contributed by atoms with Gasteiger partial charge in [-0.2, -0.15) is 0 Å². The molecule has 0 radical (unpaired) electrons. The Bertz CT molecular complexity index is 533. The highest BCUT2D eigenvalue weighted by molar-refractivity contribution is 5.94. The summed E-state index contributed by atoms with van der Waals surface area (Å²) in [6.07, 6.45) is 0. The van der Waals surface area contributed by atoms with Crippen molar-refractivity contribution in [1.29, 1.82) is 0 Å². The van der Waals surface area contributed by atoms with Crippen molar-refractivity contribution in [3.8, 4) is 11.3 Å². The van der Waals surface area contributed by atoms with Crippen LogP contribution in [0.2, 0.25) is 0 Å². The summed E-state index contributed by atoms with van der Waals surface area (Å²) in [6, 6.07) is 8.31. The molecule has 0 amide bonds. The van der Waals surface area contributed by atoms with Crippen molar-refractivity contribution in [3.63, 3.8) is 0 Å². The van der Waals surface area contributed by atoms with Gasteiger partial charge in [0.1, 0.15) is 0 Å². The third-order valence-corrected chi connectivity index (χ3v) is 2.13. The van der Waals surface area contributed by atoms with Gasteiger partial charge in [0, 0.05) is 11.1 Å². The van der Waals surface area contributed by atoms with E-state index < -0.39 is 5.63 Å². The van der Waals surface area contributed by atoms with E-state index in [1.807, 2.05) is 0 Å². The van der Waals surface area contributed by atoms with E-state index in [4.69, 9.17) is 0 Å². The molecule has 0 aliphatic rings. The van der Waals surface area contributed by atoms with Gasteiger partial charge in [0.2, 0.25) is 0 Å². The Kier molecular flexibility index (Phi) is 2.25. The molecule has 0 aliphatic heterocycles. The zero-order valence-corrected chi connectivity index (χ0v) is 8.11. The van der Waals surface area contributed by atoms with Gasteiger partial charge < -0.3 is 4.52 Å². The number of carbonyl (C=O) groups is 1. The minimum atomic E-state index is -0.416. The molecule has 0 fully saturated rings. The lowest BCUT2D eigenvalue weighted by Gasteiger charge is -1.97. The molecule has 2 rings (SSSR count). The van der Waals surface area contributed by atoms with Crippen LogP contribution in [-0.4, -0.2) is 10.9 Å². The third kappa shape index (κ3) is 1.88. The summed E-state index contributed by atoms with van der Waals surface area (Å²) in [5.74, 6) is 0.0160. The van der Waals surface area contributed by atoms with E-state index in [-0.39, 0.29) is 5.78 Å². The molecule has 2 aromatic rings. The lowest BCUT2D eigenvalue weighted by Crippen LogP contribution is -1.90. The lowest BCUT2D eigenvalue weighted by molar-refractivity contribution is 0.101. The zero-order chi connectivity index (χ0) is 10.8. The van der Waals surface area contributed by atoms with Crippen LogP contribution in [0.4, 0.5) is 0 Å². The summed E-state index contributed by atoms with van der Waals surface area (Å²) < 4.78 is 4.55. The molecule has 4 heteroatoms. The molecule has 0 unspecified atom stereocenters. The molecule has 0 spiro atoms. The molecule has 0 saturated heterocycles. The first kappa shape index (κ1) is 9.45. The second-order valence-corrected chi connectivity index (χ2v) is 3.21. The Balaban J connectivity index is 2.39. The highest BCUT2D eigenvalue weighted by Gasteiger charge is 2.03. The molecule has 4 nitrogen and oxygen atoms in total. The topological polar surface area (TPSA) is 63.1 Å². The molecule has 0 aliphatic carbocycles. The van der Waals surface area contributed by atoms with Gasteiger partial charge in [-0.3, -0.25) is 4.79 Å². The van der Waals surface area contributed by atoms with Crippen LogP contribution in [0.15, 0.2) is 39.6 Å². The van der Waals surface area contributed by atoms with Gasteiger partial charge in [-0.05, 0) is 6.92 Å². The Hall–Kier alpha value is -2.10. The molecule has 15 heavy (non-hydrogen) atoms. The molecule has 1 aromatic heterocycles. The monoisotopic (exact) mass is 203 g/mol. The summed E-state index contributed by atoms with van der Waals surface area (Å²) in [5, 5.41) is 2.50. The van der Waals surface area contributed by atoms with E-state index in [2.05, 4.69) is 9.68 Å². The molecule has 0 bridgehead atoms. The number of Topliss-reactive ketones (excluding diaryl/α,β-unsaturated/α-hetero) is 1. The van der Waals surface area contributed by atoms with Crippen molar-refractivity contribution in [2.45, 2.75) is 6.92 Å². The summed E-state index contributed by atoms with van der Waals surface area (Å²) in [7, 11) is 0. The van der Waals surface area contributed by atoms with Gasteiger partial charge in [0.15, 0.2) is 5.78 Å². The standard InChI is InChI=1S/C11H9NO3/c1-7(13)8-2-4-9(5-3-8)10-6-11(14)15-12-10/h2-6,12H,1H3. The minimum Gasteiger partial charge on any atom is -0.339 e. The Morgan fingerprint density at radius 3 is 2.40 bits per heavy atom. The number of nitrogens with one attached hydrogen (secondary N) is 1. The van der Waals surface area contributed by atoms with E-state index in [9.17, 15) is 9.59 Å². The number of benzene rings is 1. The van der Waals surface area contributed by atoms with Crippen LogP contribution < -0.4 is 5.63 Å². The Labute approximate surface area is 85.5 Å². The predicted molar refractivity (Wildman–Crippen MR) is 54.8 cm³/mol. The van der Waals surface area contributed by atoms with Crippen LogP contribution in [0.25, 0.3) is 11.3 Å². The zero-order valence-electron chi connectivity index (χ0n) is 8.11. The lowest BCUT2D eigenvalue weighted by atomic mass is 10.1. The largest absolute Gasteiger partial charge is 0.357 e. The van der Waals surface area contributed by atoms with Crippen LogP contribution >= 0.6 is 0 Å². The summed E-state index contributed by atoms with van der Waals surface area (Å²) in [5.41, 5.74) is 1.64. The van der Waals surface area contributed by atoms with Gasteiger partial charge in [0.25, 0.3) is 0 Å². The van der Waals surface area contributed by atoms with Crippen molar-refractivity contribution in [2.75, 3.05) is 0 Å². The molecular formula is C11H9NO3. The number of H-pyrrole nitrogens is 1. The van der Waals surface area contributed by atoms with Gasteiger partial charge in [-0.25, -0.2) is 9.95 Å². The van der Waals surface area contributed by atoms with Crippen molar-refractivity contribution >= 4 is 5.78 Å². The average molecular weight is 203 g/mol. The molecule has 1 aromatic carbocycles. The molecular weight excluding hydrogens is 194 g/mol. The van der Waals surface area contributed by atoms with Gasteiger partial charge in [-0.1, -0.05) is 24.3 Å². The quantitative estimate of drug-likeness (QED) is 0.757. The van der Waals surface area contributed by atoms with Crippen molar-refractivity contribution in [2.24, 2.45) is 0 Å². The van der Waals surface area contributed by atoms with E-state index in [0.717, 1.165) is 5.56 Å². The number of carbonyl (C=O) groups excluding carboxylic acids is 1. The number of hydrogen-bond donors (Lipinski definition) is 1. The molecule has 1 heterocycles. The number of aromatic amines is 1. The Morgan fingerprint density at radius 2 is 1.93 bits per heavy atom. The van der Waals surface area contributed by atoms with Crippen molar-refractivity contribution in [1.82, 2.24) is 5.16 Å². The van der Waals surface area contributed by atoms with E-state index in [1.54, 1.807) is 24.3 Å². The summed E-state index contributed by atoms with van der Waals surface area (Å²) in [4.78, 5) is 21.8. The second kappa shape index (κ2) is 3.57. The van der Waals surface area contributed by atoms with E-state index in [1.165, 1.54) is 13.0 Å². The van der Waals surface area contributed by atoms with E-state index in [0.29, 0.717) is 11.3 Å². The SMILES string of the molecule is CC(=O)c1ccc(-c2cc(=O)o[nH]2)cc1. The molecule has 0 saturated carbocycles. The fraction of sp³-hybridized carbons (Fsp3) is 0.0909. The molecule has 76 valence electrons. The van der Waals surface area contributed by atoms with Gasteiger partial charge in [0.05, 0.1) is 11.8 Å². The maximum absolute atomic E-state index is 11.0. The van der Waals surface area contributed by atoms with Crippen LogP contribution in [0.5, 0.6) is 0 Å². The van der Waals surface area contributed by atoms with Crippen LogP contribution in [-0.2, 0) is 0 Å². The van der Waals surface area contributed by atoms with Gasteiger partial charge in [-0.15, -0.1) is 0 Å². The number of ketones is 1. The van der Waals surface area contributed by atoms with Crippen molar-refractivity contribution in [3.05, 3.63) is 46.3 Å². The first-order valence-electron chi connectivity index (χ1n) is 4.47. The highest BCUT2D eigenvalue weighted by Crippen LogP contribution is 2.16. The van der Waals surface area contributed by atoms with E-state index >= 15 is 0 Å². The van der Waals surface area contributed by atoms with Crippen LogP contribution in [0.3, 0.4) is 0 Å².